The largest absolute Gasteiger partial charge is 0.348 e. The summed E-state index contributed by atoms with van der Waals surface area (Å²) in [4.78, 5) is 43.7. The lowest BCUT2D eigenvalue weighted by Crippen LogP contribution is -2.37. The second-order valence-electron chi connectivity index (χ2n) is 7.08. The van der Waals surface area contributed by atoms with Crippen molar-refractivity contribution in [3.05, 3.63) is 101 Å². The van der Waals surface area contributed by atoms with Crippen molar-refractivity contribution < 1.29 is 18.8 Å². The van der Waals surface area contributed by atoms with Gasteiger partial charge in [0, 0.05) is 37.1 Å². The van der Waals surface area contributed by atoms with Crippen LogP contribution in [0, 0.1) is 5.82 Å². The van der Waals surface area contributed by atoms with Crippen LogP contribution in [0.4, 0.5) is 10.1 Å². The van der Waals surface area contributed by atoms with Crippen LogP contribution >= 0.6 is 0 Å². The van der Waals surface area contributed by atoms with Gasteiger partial charge in [0.15, 0.2) is 0 Å². The third-order valence-corrected chi connectivity index (χ3v) is 4.98. The van der Waals surface area contributed by atoms with Crippen LogP contribution in [0.15, 0.2) is 72.6 Å². The molecule has 6 nitrogen and oxygen atoms in total. The highest BCUT2D eigenvalue weighted by atomic mass is 19.1. The first-order chi connectivity index (χ1) is 14.9. The van der Waals surface area contributed by atoms with Gasteiger partial charge in [-0.1, -0.05) is 18.2 Å². The van der Waals surface area contributed by atoms with Gasteiger partial charge in [-0.3, -0.25) is 19.4 Å². The number of pyridine rings is 1. The highest BCUT2D eigenvalue weighted by Gasteiger charge is 2.33. The van der Waals surface area contributed by atoms with E-state index in [1.807, 2.05) is 6.07 Å². The van der Waals surface area contributed by atoms with Crippen LogP contribution in [0.25, 0.3) is 6.08 Å². The molecule has 0 atom stereocenters. The van der Waals surface area contributed by atoms with Gasteiger partial charge in [0.25, 0.3) is 11.8 Å². The molecule has 0 saturated heterocycles. The lowest BCUT2D eigenvalue weighted by Gasteiger charge is -2.27. The second kappa shape index (κ2) is 8.31. The Kier molecular flexibility index (Phi) is 5.41. The molecule has 1 aliphatic rings. The van der Waals surface area contributed by atoms with E-state index >= 15 is 0 Å². The number of amides is 2. The molecule has 0 bridgehead atoms. The Morgan fingerprint density at radius 2 is 1.97 bits per heavy atom. The van der Waals surface area contributed by atoms with Crippen LogP contribution < -0.4 is 10.2 Å². The van der Waals surface area contributed by atoms with E-state index in [1.165, 1.54) is 35.2 Å². The van der Waals surface area contributed by atoms with Gasteiger partial charge in [0.05, 0.1) is 11.3 Å². The van der Waals surface area contributed by atoms with E-state index in [-0.39, 0.29) is 17.0 Å². The average Bonchev–Trinajstić information content (AvgIpc) is 2.79. The van der Waals surface area contributed by atoms with Gasteiger partial charge < -0.3 is 10.2 Å². The lowest BCUT2D eigenvalue weighted by atomic mass is 9.92. The first-order valence-corrected chi connectivity index (χ1v) is 9.55. The van der Waals surface area contributed by atoms with Gasteiger partial charge in [-0.2, -0.15) is 0 Å². The first-order valence-electron chi connectivity index (χ1n) is 9.55. The van der Waals surface area contributed by atoms with Crippen molar-refractivity contribution in [2.75, 3.05) is 11.9 Å². The van der Waals surface area contributed by atoms with Crippen molar-refractivity contribution >= 4 is 29.4 Å². The maximum atomic E-state index is 13.5. The summed E-state index contributed by atoms with van der Waals surface area (Å²) in [5.74, 6) is -1.82. The molecular weight excluding hydrogens is 397 g/mol. The molecule has 1 aromatic heterocycles. The van der Waals surface area contributed by atoms with Crippen molar-refractivity contribution in [3.63, 3.8) is 0 Å². The molecule has 4 rings (SSSR count). The maximum Gasteiger partial charge on any atom is 0.262 e. The SMILES string of the molecule is CN1C(=O)C(=Cc2cccc(F)c2)C(=O)c2cc(C(=O)NCc3cccnc3)ccc21. The number of likely N-dealkylation sites (N-methyl/N-ethyl adjacent to an activating group) is 1. The molecule has 0 fully saturated rings. The van der Waals surface area contributed by atoms with Crippen molar-refractivity contribution in [3.8, 4) is 0 Å². The average molecular weight is 415 g/mol. The zero-order valence-corrected chi connectivity index (χ0v) is 16.6. The number of aromatic nitrogens is 1. The van der Waals surface area contributed by atoms with Crippen molar-refractivity contribution in [1.29, 1.82) is 0 Å². The number of hydrogen-bond donors (Lipinski definition) is 1. The number of halogens is 1. The van der Waals surface area contributed by atoms with Gasteiger partial charge in [-0.05, 0) is 53.6 Å². The molecule has 3 aromatic rings. The van der Waals surface area contributed by atoms with Gasteiger partial charge in [-0.25, -0.2) is 4.39 Å². The molecule has 154 valence electrons. The third kappa shape index (κ3) is 4.11. The molecular formula is C24H18FN3O3. The summed E-state index contributed by atoms with van der Waals surface area (Å²) in [6, 6.07) is 13.9. The molecule has 1 N–H and O–H groups in total. The Labute approximate surface area is 178 Å². The van der Waals surface area contributed by atoms with Crippen LogP contribution in [0.1, 0.15) is 31.8 Å². The van der Waals surface area contributed by atoms with Gasteiger partial charge in [0.1, 0.15) is 5.82 Å². The first kappa shape index (κ1) is 20.2. The molecule has 31 heavy (non-hydrogen) atoms. The fourth-order valence-corrected chi connectivity index (χ4v) is 3.36. The highest BCUT2D eigenvalue weighted by Crippen LogP contribution is 2.31. The smallest absolute Gasteiger partial charge is 0.262 e. The number of Topliss-reactive ketones (excluding diaryl/α,β-unsaturated/α-hetero) is 1. The van der Waals surface area contributed by atoms with Crippen LogP contribution in [-0.4, -0.2) is 29.6 Å². The number of benzene rings is 2. The van der Waals surface area contributed by atoms with E-state index in [9.17, 15) is 18.8 Å². The summed E-state index contributed by atoms with van der Waals surface area (Å²) in [6.07, 6.45) is 4.66. The summed E-state index contributed by atoms with van der Waals surface area (Å²) >= 11 is 0. The Hall–Kier alpha value is -4.13. The third-order valence-electron chi connectivity index (χ3n) is 4.98. The summed E-state index contributed by atoms with van der Waals surface area (Å²) < 4.78 is 13.5. The van der Waals surface area contributed by atoms with Crippen LogP contribution in [0.2, 0.25) is 0 Å². The standard InChI is InChI=1S/C24H18FN3O3/c1-28-21-8-7-17(23(30)27-14-16-5-3-9-26-13-16)12-19(21)22(29)20(24(28)31)11-15-4-2-6-18(25)10-15/h2-13H,14H2,1H3,(H,27,30). The molecule has 2 amide bonds. The number of nitrogens with zero attached hydrogens (tertiary/aromatic N) is 2. The lowest BCUT2D eigenvalue weighted by molar-refractivity contribution is -0.114. The normalized spacial score (nSPS) is 14.5. The number of carbonyl (C=O) groups is 3. The molecule has 2 aromatic carbocycles. The summed E-state index contributed by atoms with van der Waals surface area (Å²) in [7, 11) is 1.55. The van der Waals surface area contributed by atoms with Crippen molar-refractivity contribution in [2.45, 2.75) is 6.54 Å². The van der Waals surface area contributed by atoms with Crippen LogP contribution in [-0.2, 0) is 11.3 Å². The van der Waals surface area contributed by atoms with Crippen LogP contribution in [0.3, 0.4) is 0 Å². The number of hydrogen-bond acceptors (Lipinski definition) is 4. The second-order valence-corrected chi connectivity index (χ2v) is 7.08. The van der Waals surface area contributed by atoms with E-state index in [2.05, 4.69) is 10.3 Å². The van der Waals surface area contributed by atoms with E-state index in [0.29, 0.717) is 23.4 Å². The zero-order valence-electron chi connectivity index (χ0n) is 16.6. The topological polar surface area (TPSA) is 79.4 Å². The monoisotopic (exact) mass is 415 g/mol. The van der Waals surface area contributed by atoms with Gasteiger partial charge in [0.2, 0.25) is 5.78 Å². The minimum atomic E-state index is -0.510. The van der Waals surface area contributed by atoms with Crippen LogP contribution in [0.5, 0.6) is 0 Å². The quantitative estimate of drug-likeness (QED) is 0.523. The molecule has 7 heteroatoms. The Morgan fingerprint density at radius 1 is 1.13 bits per heavy atom. The van der Waals surface area contributed by atoms with E-state index in [4.69, 9.17) is 0 Å². The zero-order chi connectivity index (χ0) is 22.0. The number of nitrogens with one attached hydrogen (secondary N) is 1. The minimum Gasteiger partial charge on any atom is -0.348 e. The number of fused-ring (bicyclic) bond motifs is 1. The summed E-state index contributed by atoms with van der Waals surface area (Å²) in [5, 5.41) is 2.79. The van der Waals surface area contributed by atoms with E-state index in [0.717, 1.165) is 5.56 Å². The molecule has 0 aliphatic carbocycles. The minimum absolute atomic E-state index is 0.0893. The molecule has 0 unspecified atom stereocenters. The van der Waals surface area contributed by atoms with Gasteiger partial charge >= 0.3 is 0 Å². The molecule has 2 heterocycles. The molecule has 0 saturated carbocycles. The van der Waals surface area contributed by atoms with E-state index < -0.39 is 17.5 Å². The number of ketones is 1. The Balaban J connectivity index is 1.63. The summed E-state index contributed by atoms with van der Waals surface area (Å²) in [6.45, 7) is 0.292. The predicted octanol–water partition coefficient (Wildman–Crippen LogP) is 3.39. The number of rotatable bonds is 4. The predicted molar refractivity (Wildman–Crippen MR) is 114 cm³/mol. The molecule has 0 radical (unpaired) electrons. The Morgan fingerprint density at radius 3 is 2.71 bits per heavy atom. The summed E-state index contributed by atoms with van der Waals surface area (Å²) in [5.41, 5.74) is 2.10. The van der Waals surface area contributed by atoms with Crippen molar-refractivity contribution in [1.82, 2.24) is 10.3 Å². The molecule has 1 aliphatic heterocycles. The fourth-order valence-electron chi connectivity index (χ4n) is 3.36. The van der Waals surface area contributed by atoms with Gasteiger partial charge in [-0.15, -0.1) is 0 Å². The molecule has 0 spiro atoms. The highest BCUT2D eigenvalue weighted by molar-refractivity contribution is 6.36. The number of carbonyl (C=O) groups excluding carboxylic acids is 3. The fraction of sp³-hybridized carbons (Fsp3) is 0.0833. The van der Waals surface area contributed by atoms with E-state index in [1.54, 1.807) is 43.7 Å². The van der Waals surface area contributed by atoms with Crippen molar-refractivity contribution in [2.24, 2.45) is 0 Å². The Bertz CT molecular complexity index is 1220. The number of anilines is 1. The maximum absolute atomic E-state index is 13.5.